The topological polar surface area (TPSA) is 70.7 Å². The molecule has 0 saturated heterocycles. The third-order valence-corrected chi connectivity index (χ3v) is 5.65. The van der Waals surface area contributed by atoms with Crippen molar-refractivity contribution in [2.75, 3.05) is 18.6 Å². The van der Waals surface area contributed by atoms with Crippen LogP contribution in [0.5, 0.6) is 0 Å². The molecule has 0 aliphatic carbocycles. The second kappa shape index (κ2) is 7.87. The minimum Gasteiger partial charge on any atom is -0.466 e. The molecule has 2 aliphatic rings. The van der Waals surface area contributed by atoms with Crippen molar-refractivity contribution < 1.29 is 18.7 Å². The van der Waals surface area contributed by atoms with Gasteiger partial charge in [-0.15, -0.1) is 0 Å². The van der Waals surface area contributed by atoms with Crippen LogP contribution in [0.15, 0.2) is 54.1 Å². The number of amides is 1. The zero-order chi connectivity index (χ0) is 21.4. The molecule has 6 nitrogen and oxygen atoms in total. The Morgan fingerprint density at radius 3 is 2.53 bits per heavy atom. The molecule has 2 heterocycles. The Labute approximate surface area is 178 Å². The number of carbonyl (C=O) groups excluding carboxylic acids is 2. The first kappa shape index (κ1) is 20.0. The number of ether oxygens (including phenoxy) is 1. The van der Waals surface area contributed by atoms with Crippen molar-refractivity contribution >= 4 is 40.6 Å². The average molecular weight is 425 g/mol. The molecule has 8 heteroatoms. The Hall–Kier alpha value is -3.26. The van der Waals surface area contributed by atoms with Crippen molar-refractivity contribution in [3.63, 3.8) is 0 Å². The molecule has 2 aromatic carbocycles. The van der Waals surface area contributed by atoms with Crippen molar-refractivity contribution in [1.29, 1.82) is 0 Å². The third-order valence-electron chi connectivity index (χ3n) is 5.43. The quantitative estimate of drug-likeness (QED) is 0.582. The number of methoxy groups -OCH3 is 1. The highest BCUT2D eigenvalue weighted by Gasteiger charge is 2.42. The minimum absolute atomic E-state index is 0.0798. The van der Waals surface area contributed by atoms with E-state index in [1.165, 1.54) is 26.2 Å². The van der Waals surface area contributed by atoms with Crippen molar-refractivity contribution in [3.8, 4) is 0 Å². The lowest BCUT2D eigenvalue weighted by Crippen LogP contribution is -2.52. The second-order valence-corrected chi connectivity index (χ2v) is 7.57. The minimum atomic E-state index is -0.531. The van der Waals surface area contributed by atoms with E-state index < -0.39 is 12.0 Å². The van der Waals surface area contributed by atoms with E-state index in [-0.39, 0.29) is 17.6 Å². The molecule has 0 spiro atoms. The normalized spacial score (nSPS) is 20.4. The molecule has 154 valence electrons. The SMILES string of the molecule is COC(=O)C1=C(c2ccc(F)cc2)NC(=S)NC1C1CN(C(C)=O)c2ccccc21. The summed E-state index contributed by atoms with van der Waals surface area (Å²) >= 11 is 5.41. The highest BCUT2D eigenvalue weighted by atomic mass is 32.1. The number of hydrogen-bond donors (Lipinski definition) is 2. The van der Waals surface area contributed by atoms with Gasteiger partial charge in [0.2, 0.25) is 5.91 Å². The number of anilines is 1. The van der Waals surface area contributed by atoms with Crippen LogP contribution >= 0.6 is 12.2 Å². The van der Waals surface area contributed by atoms with Gasteiger partial charge in [0.15, 0.2) is 5.11 Å². The highest BCUT2D eigenvalue weighted by Crippen LogP contribution is 2.41. The summed E-state index contributed by atoms with van der Waals surface area (Å²) in [6.07, 6.45) is 0. The number of halogens is 1. The zero-order valence-electron chi connectivity index (χ0n) is 16.4. The van der Waals surface area contributed by atoms with Crippen LogP contribution < -0.4 is 15.5 Å². The number of thiocarbonyl (C=S) groups is 1. The highest BCUT2D eigenvalue weighted by molar-refractivity contribution is 7.80. The van der Waals surface area contributed by atoms with Crippen LogP contribution in [-0.2, 0) is 14.3 Å². The van der Waals surface area contributed by atoms with Gasteiger partial charge in [0.1, 0.15) is 5.82 Å². The number of fused-ring (bicyclic) bond motifs is 1. The van der Waals surface area contributed by atoms with Gasteiger partial charge in [0.25, 0.3) is 0 Å². The molecule has 30 heavy (non-hydrogen) atoms. The van der Waals surface area contributed by atoms with Crippen LogP contribution in [-0.4, -0.2) is 36.7 Å². The molecule has 2 N–H and O–H groups in total. The molecule has 0 saturated carbocycles. The molecule has 0 fully saturated rings. The molecule has 1 amide bonds. The van der Waals surface area contributed by atoms with E-state index in [4.69, 9.17) is 17.0 Å². The third kappa shape index (κ3) is 3.43. The van der Waals surface area contributed by atoms with Crippen molar-refractivity contribution in [3.05, 3.63) is 71.0 Å². The summed E-state index contributed by atoms with van der Waals surface area (Å²) in [6, 6.07) is 12.9. The lowest BCUT2D eigenvalue weighted by molar-refractivity contribution is -0.136. The van der Waals surface area contributed by atoms with E-state index in [9.17, 15) is 14.0 Å². The van der Waals surface area contributed by atoms with Crippen LogP contribution in [0.4, 0.5) is 10.1 Å². The maximum Gasteiger partial charge on any atom is 0.338 e. The van der Waals surface area contributed by atoms with Gasteiger partial charge in [-0.1, -0.05) is 18.2 Å². The molecule has 0 aromatic heterocycles. The van der Waals surface area contributed by atoms with Crippen LogP contribution in [0.25, 0.3) is 5.70 Å². The summed E-state index contributed by atoms with van der Waals surface area (Å²) in [5.41, 5.74) is 3.18. The van der Waals surface area contributed by atoms with E-state index in [1.807, 2.05) is 24.3 Å². The van der Waals surface area contributed by atoms with Gasteiger partial charge in [-0.2, -0.15) is 0 Å². The Kier molecular flexibility index (Phi) is 5.26. The lowest BCUT2D eigenvalue weighted by Gasteiger charge is -2.34. The van der Waals surface area contributed by atoms with Gasteiger partial charge in [0, 0.05) is 25.1 Å². The molecular weight excluding hydrogens is 405 g/mol. The van der Waals surface area contributed by atoms with E-state index in [0.29, 0.717) is 28.5 Å². The molecule has 2 atom stereocenters. The van der Waals surface area contributed by atoms with Crippen LogP contribution in [0.3, 0.4) is 0 Å². The van der Waals surface area contributed by atoms with E-state index in [1.54, 1.807) is 17.0 Å². The number of nitrogens with one attached hydrogen (secondary N) is 2. The summed E-state index contributed by atoms with van der Waals surface area (Å²) in [7, 11) is 1.31. The number of rotatable bonds is 3. The summed E-state index contributed by atoms with van der Waals surface area (Å²) in [6.45, 7) is 1.91. The fraction of sp³-hybridized carbons (Fsp3) is 0.227. The smallest absolute Gasteiger partial charge is 0.338 e. The molecule has 4 rings (SSSR count). The predicted molar refractivity (Wildman–Crippen MR) is 115 cm³/mol. The van der Waals surface area contributed by atoms with Gasteiger partial charge in [-0.25, -0.2) is 9.18 Å². The molecule has 0 bridgehead atoms. The standard InChI is InChI=1S/C22H20FN3O3S/c1-12(27)26-11-16(15-5-3-4-6-17(15)26)20-18(21(28)29-2)19(24-22(30)25-20)13-7-9-14(23)10-8-13/h3-10,16,20H,11H2,1-2H3,(H2,24,25,30). The van der Waals surface area contributed by atoms with Crippen LogP contribution in [0.1, 0.15) is 24.0 Å². The first-order valence-electron chi connectivity index (χ1n) is 9.43. The predicted octanol–water partition coefficient (Wildman–Crippen LogP) is 2.71. The monoisotopic (exact) mass is 425 g/mol. The van der Waals surface area contributed by atoms with Crippen LogP contribution in [0.2, 0.25) is 0 Å². The lowest BCUT2D eigenvalue weighted by atomic mass is 9.85. The Bertz CT molecular complexity index is 1070. The molecule has 2 unspecified atom stereocenters. The molecule has 2 aliphatic heterocycles. The largest absolute Gasteiger partial charge is 0.466 e. The fourth-order valence-electron chi connectivity index (χ4n) is 4.09. The number of para-hydroxylation sites is 1. The molecule has 0 radical (unpaired) electrons. The van der Waals surface area contributed by atoms with Gasteiger partial charge in [-0.3, -0.25) is 4.79 Å². The Balaban J connectivity index is 1.87. The van der Waals surface area contributed by atoms with Crippen LogP contribution in [0, 0.1) is 5.82 Å². The van der Waals surface area contributed by atoms with Crippen molar-refractivity contribution in [2.24, 2.45) is 0 Å². The summed E-state index contributed by atoms with van der Waals surface area (Å²) in [4.78, 5) is 26.8. The number of benzene rings is 2. The van der Waals surface area contributed by atoms with Gasteiger partial charge >= 0.3 is 5.97 Å². The number of hydrogen-bond acceptors (Lipinski definition) is 4. The summed E-state index contributed by atoms with van der Waals surface area (Å²) in [5.74, 6) is -1.21. The maximum absolute atomic E-state index is 13.5. The fourth-order valence-corrected chi connectivity index (χ4v) is 4.32. The Morgan fingerprint density at radius 1 is 1.17 bits per heavy atom. The first-order chi connectivity index (χ1) is 14.4. The first-order valence-corrected chi connectivity index (χ1v) is 9.84. The maximum atomic E-state index is 13.5. The Morgan fingerprint density at radius 2 is 1.87 bits per heavy atom. The number of nitrogens with zero attached hydrogens (tertiary/aromatic N) is 1. The number of carbonyl (C=O) groups is 2. The zero-order valence-corrected chi connectivity index (χ0v) is 17.3. The summed E-state index contributed by atoms with van der Waals surface area (Å²) in [5, 5.41) is 6.55. The van der Waals surface area contributed by atoms with E-state index in [2.05, 4.69) is 10.6 Å². The van der Waals surface area contributed by atoms with E-state index >= 15 is 0 Å². The molecule has 2 aromatic rings. The number of esters is 1. The van der Waals surface area contributed by atoms with Crippen molar-refractivity contribution in [2.45, 2.75) is 18.9 Å². The summed E-state index contributed by atoms with van der Waals surface area (Å²) < 4.78 is 18.5. The van der Waals surface area contributed by atoms with Crippen molar-refractivity contribution in [1.82, 2.24) is 10.6 Å². The molecular formula is C22H20FN3O3S. The average Bonchev–Trinajstić information content (AvgIpc) is 3.13. The van der Waals surface area contributed by atoms with E-state index in [0.717, 1.165) is 11.3 Å². The second-order valence-electron chi connectivity index (χ2n) is 7.16. The van der Waals surface area contributed by atoms with Gasteiger partial charge in [0.05, 0.1) is 24.4 Å². The van der Waals surface area contributed by atoms with Gasteiger partial charge in [-0.05, 0) is 53.7 Å². The van der Waals surface area contributed by atoms with Gasteiger partial charge < -0.3 is 20.3 Å².